The Morgan fingerprint density at radius 3 is 2.75 bits per heavy atom. The van der Waals surface area contributed by atoms with E-state index >= 15 is 0 Å². The maximum Gasteiger partial charge on any atom is 0.411 e. The fraction of sp³-hybridized carbons (Fsp3) is 0.556. The van der Waals surface area contributed by atoms with Gasteiger partial charge in [-0.15, -0.1) is 11.3 Å². The summed E-state index contributed by atoms with van der Waals surface area (Å²) in [5.41, 5.74) is 0.795. The Balaban J connectivity index is 2.26. The zero-order chi connectivity index (χ0) is 12.2. The minimum absolute atomic E-state index is 0.0242. The molecule has 0 amide bonds. The van der Waals surface area contributed by atoms with Crippen LogP contribution in [-0.4, -0.2) is 30.2 Å². The Morgan fingerprint density at radius 1 is 1.56 bits per heavy atom. The van der Waals surface area contributed by atoms with Gasteiger partial charge in [-0.1, -0.05) is 0 Å². The molecule has 0 fully saturated rings. The number of halogens is 3. The Morgan fingerprint density at radius 2 is 2.25 bits per heavy atom. The lowest BCUT2D eigenvalue weighted by molar-refractivity contribution is -0.175. The summed E-state index contributed by atoms with van der Waals surface area (Å²) in [5, 5.41) is 2.37. The van der Waals surface area contributed by atoms with Gasteiger partial charge in [-0.25, -0.2) is 4.98 Å². The first-order valence-corrected chi connectivity index (χ1v) is 5.32. The second-order valence-electron chi connectivity index (χ2n) is 3.21. The van der Waals surface area contributed by atoms with Gasteiger partial charge in [0.1, 0.15) is 18.2 Å². The summed E-state index contributed by atoms with van der Waals surface area (Å²) >= 11 is 1.31. The molecule has 0 bridgehead atoms. The van der Waals surface area contributed by atoms with Gasteiger partial charge in [-0.3, -0.25) is 4.79 Å². The van der Waals surface area contributed by atoms with Crippen LogP contribution in [0.25, 0.3) is 0 Å². The topological polar surface area (TPSA) is 39.2 Å². The highest BCUT2D eigenvalue weighted by Gasteiger charge is 2.27. The number of aryl methyl sites for hydroxylation is 1. The lowest BCUT2D eigenvalue weighted by Crippen LogP contribution is -2.21. The number of carbonyl (C=O) groups excluding carboxylic acids is 1. The second kappa shape index (κ2) is 5.40. The molecule has 0 N–H and O–H groups in total. The molecule has 3 nitrogen and oxygen atoms in total. The van der Waals surface area contributed by atoms with Crippen molar-refractivity contribution in [2.45, 2.75) is 19.5 Å². The van der Waals surface area contributed by atoms with Gasteiger partial charge in [-0.2, -0.15) is 13.2 Å². The zero-order valence-corrected chi connectivity index (χ0v) is 9.32. The van der Waals surface area contributed by atoms with Crippen molar-refractivity contribution < 1.29 is 22.7 Å². The number of aromatic nitrogens is 1. The second-order valence-corrected chi connectivity index (χ2v) is 4.15. The molecule has 16 heavy (non-hydrogen) atoms. The average Bonchev–Trinajstić information content (AvgIpc) is 2.48. The molecule has 0 radical (unpaired) electrons. The summed E-state index contributed by atoms with van der Waals surface area (Å²) < 4.78 is 39.3. The Bertz CT molecular complexity index is 362. The van der Waals surface area contributed by atoms with Crippen LogP contribution in [0.4, 0.5) is 13.2 Å². The normalized spacial score (nSPS) is 11.8. The SMILES string of the molecule is Cc1csc(CC(=O)COCC(F)(F)F)n1. The van der Waals surface area contributed by atoms with Gasteiger partial charge in [0, 0.05) is 11.1 Å². The van der Waals surface area contributed by atoms with Crippen molar-refractivity contribution in [3.05, 3.63) is 16.1 Å². The predicted octanol–water partition coefficient (Wildman–Crippen LogP) is 2.14. The van der Waals surface area contributed by atoms with Crippen LogP contribution in [0.5, 0.6) is 0 Å². The summed E-state index contributed by atoms with van der Waals surface area (Å²) in [6.45, 7) is -0.140. The van der Waals surface area contributed by atoms with E-state index in [0.29, 0.717) is 5.01 Å². The van der Waals surface area contributed by atoms with Crippen molar-refractivity contribution in [3.8, 4) is 0 Å². The van der Waals surface area contributed by atoms with Gasteiger partial charge < -0.3 is 4.74 Å². The predicted molar refractivity (Wildman–Crippen MR) is 52.4 cm³/mol. The quantitative estimate of drug-likeness (QED) is 0.807. The molecule has 0 aliphatic rings. The first-order valence-electron chi connectivity index (χ1n) is 4.44. The van der Waals surface area contributed by atoms with E-state index in [1.54, 1.807) is 12.3 Å². The number of thiazole rings is 1. The van der Waals surface area contributed by atoms with Crippen LogP contribution in [0.2, 0.25) is 0 Å². The summed E-state index contributed by atoms with van der Waals surface area (Å²) in [7, 11) is 0. The molecule has 1 aromatic rings. The number of nitrogens with zero attached hydrogens (tertiary/aromatic N) is 1. The molecule has 1 heterocycles. The van der Waals surface area contributed by atoms with E-state index in [2.05, 4.69) is 9.72 Å². The van der Waals surface area contributed by atoms with E-state index in [1.165, 1.54) is 11.3 Å². The minimum Gasteiger partial charge on any atom is -0.364 e. The number of ether oxygens (including phenoxy) is 1. The first kappa shape index (κ1) is 13.1. The van der Waals surface area contributed by atoms with E-state index in [4.69, 9.17) is 0 Å². The summed E-state index contributed by atoms with van der Waals surface area (Å²) in [4.78, 5) is 15.2. The van der Waals surface area contributed by atoms with Crippen molar-refractivity contribution in [3.63, 3.8) is 0 Å². The number of alkyl halides is 3. The highest BCUT2D eigenvalue weighted by molar-refractivity contribution is 7.09. The van der Waals surface area contributed by atoms with Gasteiger partial charge in [0.05, 0.1) is 6.42 Å². The summed E-state index contributed by atoms with van der Waals surface area (Å²) in [6, 6.07) is 0. The third kappa shape index (κ3) is 5.22. The Labute approximate surface area is 94.3 Å². The third-order valence-electron chi connectivity index (χ3n) is 1.54. The number of rotatable bonds is 5. The van der Waals surface area contributed by atoms with Crippen LogP contribution in [0.1, 0.15) is 10.7 Å². The summed E-state index contributed by atoms with van der Waals surface area (Å²) in [5.74, 6) is -0.404. The highest BCUT2D eigenvalue weighted by atomic mass is 32.1. The number of carbonyl (C=O) groups is 1. The van der Waals surface area contributed by atoms with E-state index < -0.39 is 25.2 Å². The van der Waals surface area contributed by atoms with Crippen LogP contribution in [0.3, 0.4) is 0 Å². The molecule has 0 aromatic carbocycles. The fourth-order valence-electron chi connectivity index (χ4n) is 0.984. The van der Waals surface area contributed by atoms with Gasteiger partial charge >= 0.3 is 6.18 Å². The van der Waals surface area contributed by atoms with E-state index in [0.717, 1.165) is 5.69 Å². The van der Waals surface area contributed by atoms with Crippen molar-refractivity contribution in [2.75, 3.05) is 13.2 Å². The van der Waals surface area contributed by atoms with Crippen molar-refractivity contribution in [1.82, 2.24) is 4.98 Å². The van der Waals surface area contributed by atoms with Crippen molar-refractivity contribution in [2.24, 2.45) is 0 Å². The number of hydrogen-bond donors (Lipinski definition) is 0. The molecule has 0 aliphatic carbocycles. The van der Waals surface area contributed by atoms with Gasteiger partial charge in [0.2, 0.25) is 0 Å². The van der Waals surface area contributed by atoms with Gasteiger partial charge in [-0.05, 0) is 6.92 Å². The number of ketones is 1. The lowest BCUT2D eigenvalue weighted by Gasteiger charge is -2.06. The largest absolute Gasteiger partial charge is 0.411 e. The Kier molecular flexibility index (Phi) is 4.43. The summed E-state index contributed by atoms with van der Waals surface area (Å²) in [6.07, 6.45) is -4.37. The molecule has 90 valence electrons. The molecule has 1 rings (SSSR count). The van der Waals surface area contributed by atoms with E-state index in [9.17, 15) is 18.0 Å². The Hall–Kier alpha value is -0.950. The molecule has 0 saturated carbocycles. The minimum atomic E-state index is -4.39. The van der Waals surface area contributed by atoms with Crippen LogP contribution < -0.4 is 0 Å². The zero-order valence-electron chi connectivity index (χ0n) is 8.50. The molecular formula is C9H10F3NO2S. The monoisotopic (exact) mass is 253 g/mol. The standard InChI is InChI=1S/C9H10F3NO2S/c1-6-4-16-8(13-6)2-7(14)3-15-5-9(10,11)12/h4H,2-3,5H2,1H3. The molecule has 0 aliphatic heterocycles. The van der Waals surface area contributed by atoms with Gasteiger partial charge in [0.15, 0.2) is 5.78 Å². The number of hydrogen-bond acceptors (Lipinski definition) is 4. The molecule has 7 heteroatoms. The fourth-order valence-corrected chi connectivity index (χ4v) is 1.78. The van der Waals surface area contributed by atoms with Crippen molar-refractivity contribution in [1.29, 1.82) is 0 Å². The highest BCUT2D eigenvalue weighted by Crippen LogP contribution is 2.14. The van der Waals surface area contributed by atoms with Crippen LogP contribution in [-0.2, 0) is 16.0 Å². The first-order chi connectivity index (χ1) is 7.37. The maximum atomic E-state index is 11.7. The molecular weight excluding hydrogens is 243 g/mol. The van der Waals surface area contributed by atoms with Crippen LogP contribution >= 0.6 is 11.3 Å². The van der Waals surface area contributed by atoms with Gasteiger partial charge in [0.25, 0.3) is 0 Å². The molecule has 0 unspecified atom stereocenters. The van der Waals surface area contributed by atoms with Crippen LogP contribution in [0.15, 0.2) is 5.38 Å². The average molecular weight is 253 g/mol. The molecule has 0 atom stereocenters. The van der Waals surface area contributed by atoms with E-state index in [-0.39, 0.29) is 6.42 Å². The molecule has 0 saturated heterocycles. The van der Waals surface area contributed by atoms with Crippen LogP contribution in [0, 0.1) is 6.92 Å². The molecule has 0 spiro atoms. The maximum absolute atomic E-state index is 11.7. The molecule has 1 aromatic heterocycles. The smallest absolute Gasteiger partial charge is 0.364 e. The lowest BCUT2D eigenvalue weighted by atomic mass is 10.3. The van der Waals surface area contributed by atoms with Crippen molar-refractivity contribution >= 4 is 17.1 Å². The third-order valence-corrected chi connectivity index (χ3v) is 2.51. The number of Topliss-reactive ketones (excluding diaryl/α,β-unsaturated/α-hetero) is 1. The van der Waals surface area contributed by atoms with E-state index in [1.807, 2.05) is 0 Å².